The van der Waals surface area contributed by atoms with Gasteiger partial charge in [-0.25, -0.2) is 14.4 Å². The summed E-state index contributed by atoms with van der Waals surface area (Å²) >= 11 is 6.24. The van der Waals surface area contributed by atoms with Gasteiger partial charge >= 0.3 is 18.2 Å². The lowest BCUT2D eigenvalue weighted by Crippen LogP contribution is -2.43. The van der Waals surface area contributed by atoms with Crippen LogP contribution in [0, 0.1) is 5.92 Å². The number of rotatable bonds is 9. The van der Waals surface area contributed by atoms with Gasteiger partial charge in [-0.1, -0.05) is 12.8 Å². The van der Waals surface area contributed by atoms with E-state index < -0.39 is 29.8 Å². The van der Waals surface area contributed by atoms with E-state index in [-0.39, 0.29) is 17.7 Å². The van der Waals surface area contributed by atoms with Crippen molar-refractivity contribution in [2.75, 3.05) is 13.2 Å². The van der Waals surface area contributed by atoms with Gasteiger partial charge in [-0.15, -0.1) is 11.6 Å². The number of hydrogen-bond acceptors (Lipinski definition) is 5. The lowest BCUT2D eigenvalue weighted by Gasteiger charge is -2.26. The standard InChI is InChI=1S/C19H33ClN2O6/c1-19(2,3)28-18(26)22-15(16(23)24)10-6-7-11-21-17(25)27-12-13-8-4-5-9-14(13)20/h13-15H,4-12H2,1-3H3,(H,21,25)(H,22,26)(H,23,24). The first-order valence-electron chi connectivity index (χ1n) is 9.85. The highest BCUT2D eigenvalue weighted by atomic mass is 35.5. The molecule has 3 N–H and O–H groups in total. The number of nitrogens with one attached hydrogen (secondary N) is 2. The van der Waals surface area contributed by atoms with Gasteiger partial charge < -0.3 is 25.2 Å². The normalized spacial score (nSPS) is 20.7. The number of amides is 2. The predicted molar refractivity (Wildman–Crippen MR) is 106 cm³/mol. The van der Waals surface area contributed by atoms with Crippen LogP contribution < -0.4 is 10.6 Å². The number of hydrogen-bond donors (Lipinski definition) is 3. The molecule has 0 spiro atoms. The average Bonchev–Trinajstić information content (AvgIpc) is 2.58. The fraction of sp³-hybridized carbons (Fsp3) is 0.842. The highest BCUT2D eigenvalue weighted by molar-refractivity contribution is 6.20. The summed E-state index contributed by atoms with van der Waals surface area (Å²) in [6, 6.07) is -1.03. The largest absolute Gasteiger partial charge is 0.480 e. The smallest absolute Gasteiger partial charge is 0.408 e. The number of alkyl carbamates (subject to hydrolysis) is 2. The van der Waals surface area contributed by atoms with E-state index in [9.17, 15) is 19.5 Å². The number of carboxylic acids is 1. The number of ether oxygens (including phenoxy) is 2. The monoisotopic (exact) mass is 420 g/mol. The number of halogens is 1. The van der Waals surface area contributed by atoms with Crippen molar-refractivity contribution in [2.45, 2.75) is 82.7 Å². The Bertz CT molecular complexity index is 523. The first-order chi connectivity index (χ1) is 13.1. The SMILES string of the molecule is CC(C)(C)OC(=O)NC(CCCCNC(=O)OCC1CCCCC1Cl)C(=O)O. The third kappa shape index (κ3) is 10.6. The first-order valence-corrected chi connectivity index (χ1v) is 10.3. The Morgan fingerprint density at radius 3 is 2.43 bits per heavy atom. The van der Waals surface area contributed by atoms with E-state index in [0.717, 1.165) is 25.7 Å². The Kier molecular flexibility index (Phi) is 10.4. The van der Waals surface area contributed by atoms with Crippen LogP contribution in [0.5, 0.6) is 0 Å². The predicted octanol–water partition coefficient (Wildman–Crippen LogP) is 3.66. The molecule has 0 aromatic rings. The zero-order valence-corrected chi connectivity index (χ0v) is 17.7. The third-order valence-corrected chi connectivity index (χ3v) is 5.00. The molecule has 8 nitrogen and oxygen atoms in total. The Morgan fingerprint density at radius 2 is 1.82 bits per heavy atom. The molecule has 1 saturated carbocycles. The lowest BCUT2D eigenvalue weighted by atomic mass is 9.89. The fourth-order valence-corrected chi connectivity index (χ4v) is 3.31. The van der Waals surface area contributed by atoms with Crippen molar-refractivity contribution in [2.24, 2.45) is 5.92 Å². The zero-order valence-electron chi connectivity index (χ0n) is 17.0. The maximum atomic E-state index is 11.7. The average molecular weight is 421 g/mol. The van der Waals surface area contributed by atoms with Crippen LogP contribution in [0.1, 0.15) is 65.7 Å². The number of alkyl halides is 1. The lowest BCUT2D eigenvalue weighted by molar-refractivity contribution is -0.139. The summed E-state index contributed by atoms with van der Waals surface area (Å²) in [5.74, 6) is -0.919. The molecule has 1 rings (SSSR count). The molecule has 1 fully saturated rings. The molecule has 0 bridgehead atoms. The Labute approximate surface area is 171 Å². The van der Waals surface area contributed by atoms with Gasteiger partial charge in [0, 0.05) is 17.8 Å². The second kappa shape index (κ2) is 12.0. The maximum Gasteiger partial charge on any atom is 0.408 e. The molecule has 162 valence electrons. The zero-order chi connectivity index (χ0) is 21.2. The molecule has 0 aromatic heterocycles. The van der Waals surface area contributed by atoms with Crippen LogP contribution in [-0.4, -0.2) is 53.4 Å². The van der Waals surface area contributed by atoms with Gasteiger partial charge in [0.15, 0.2) is 0 Å². The van der Waals surface area contributed by atoms with Gasteiger partial charge in [-0.3, -0.25) is 0 Å². The summed E-state index contributed by atoms with van der Waals surface area (Å²) in [5.41, 5.74) is -0.696. The molecule has 0 saturated heterocycles. The van der Waals surface area contributed by atoms with Crippen LogP contribution in [-0.2, 0) is 14.3 Å². The van der Waals surface area contributed by atoms with Crippen LogP contribution in [0.15, 0.2) is 0 Å². The summed E-state index contributed by atoms with van der Waals surface area (Å²) in [6.07, 6.45) is 4.23. The molecule has 0 heterocycles. The van der Waals surface area contributed by atoms with Crippen molar-refractivity contribution in [1.82, 2.24) is 10.6 Å². The summed E-state index contributed by atoms with van der Waals surface area (Å²) < 4.78 is 10.3. The second-order valence-corrected chi connectivity index (χ2v) is 8.68. The van der Waals surface area contributed by atoms with Gasteiger partial charge in [0.05, 0.1) is 6.61 Å². The van der Waals surface area contributed by atoms with Crippen molar-refractivity contribution in [3.63, 3.8) is 0 Å². The molecule has 0 radical (unpaired) electrons. The van der Waals surface area contributed by atoms with Gasteiger partial charge in [-0.2, -0.15) is 0 Å². The van der Waals surface area contributed by atoms with Gasteiger partial charge in [0.1, 0.15) is 11.6 Å². The Morgan fingerprint density at radius 1 is 1.14 bits per heavy atom. The number of carboxylic acid groups (broad SMARTS) is 1. The summed E-state index contributed by atoms with van der Waals surface area (Å²) in [5, 5.41) is 14.3. The molecule has 1 aliphatic carbocycles. The van der Waals surface area contributed by atoms with Gasteiger partial charge in [-0.05, 0) is 52.9 Å². The number of carbonyl (C=O) groups is 3. The molecular weight excluding hydrogens is 388 g/mol. The van der Waals surface area contributed by atoms with Crippen LogP contribution in [0.3, 0.4) is 0 Å². The van der Waals surface area contributed by atoms with Crippen molar-refractivity contribution in [1.29, 1.82) is 0 Å². The summed E-state index contributed by atoms with van der Waals surface area (Å²) in [7, 11) is 0. The minimum Gasteiger partial charge on any atom is -0.480 e. The third-order valence-electron chi connectivity index (χ3n) is 4.42. The molecular formula is C19H33ClN2O6. The molecule has 2 amide bonds. The van der Waals surface area contributed by atoms with E-state index in [1.807, 2.05) is 0 Å². The molecule has 3 unspecified atom stereocenters. The van der Waals surface area contributed by atoms with Gasteiger partial charge in [0.25, 0.3) is 0 Å². The number of aliphatic carboxylic acids is 1. The summed E-state index contributed by atoms with van der Waals surface area (Å²) in [6.45, 7) is 5.80. The number of unbranched alkanes of at least 4 members (excludes halogenated alkanes) is 1. The van der Waals surface area contributed by atoms with E-state index in [2.05, 4.69) is 10.6 Å². The minimum atomic E-state index is -1.12. The van der Waals surface area contributed by atoms with Crippen LogP contribution in [0.4, 0.5) is 9.59 Å². The number of carbonyl (C=O) groups excluding carboxylic acids is 2. The second-order valence-electron chi connectivity index (χ2n) is 8.12. The quantitative estimate of drug-likeness (QED) is 0.387. The molecule has 3 atom stereocenters. The van der Waals surface area contributed by atoms with Crippen LogP contribution >= 0.6 is 11.6 Å². The fourth-order valence-electron chi connectivity index (χ4n) is 2.96. The summed E-state index contributed by atoms with van der Waals surface area (Å²) in [4.78, 5) is 34.7. The van der Waals surface area contributed by atoms with E-state index >= 15 is 0 Å². The van der Waals surface area contributed by atoms with Crippen LogP contribution in [0.2, 0.25) is 0 Å². The highest BCUT2D eigenvalue weighted by Gasteiger charge is 2.25. The van der Waals surface area contributed by atoms with E-state index in [1.54, 1.807) is 20.8 Å². The van der Waals surface area contributed by atoms with Crippen molar-refractivity contribution >= 4 is 29.8 Å². The molecule has 0 aliphatic heterocycles. The Balaban J connectivity index is 2.18. The van der Waals surface area contributed by atoms with E-state index in [4.69, 9.17) is 21.1 Å². The van der Waals surface area contributed by atoms with Crippen molar-refractivity contribution in [3.8, 4) is 0 Å². The van der Waals surface area contributed by atoms with E-state index in [0.29, 0.717) is 26.0 Å². The minimum absolute atomic E-state index is 0.0620. The van der Waals surface area contributed by atoms with Crippen molar-refractivity contribution < 1.29 is 29.0 Å². The first kappa shape index (κ1) is 24.3. The van der Waals surface area contributed by atoms with Crippen LogP contribution in [0.25, 0.3) is 0 Å². The highest BCUT2D eigenvalue weighted by Crippen LogP contribution is 2.28. The molecule has 1 aliphatic rings. The Hall–Kier alpha value is -1.70. The molecule has 0 aromatic carbocycles. The topological polar surface area (TPSA) is 114 Å². The van der Waals surface area contributed by atoms with Gasteiger partial charge in [0.2, 0.25) is 0 Å². The maximum absolute atomic E-state index is 11.7. The van der Waals surface area contributed by atoms with Crippen molar-refractivity contribution in [3.05, 3.63) is 0 Å². The molecule has 28 heavy (non-hydrogen) atoms. The molecule has 9 heteroatoms. The van der Waals surface area contributed by atoms with E-state index in [1.165, 1.54) is 0 Å².